The number of nitrogens with one attached hydrogen (secondary N) is 3. The first-order chi connectivity index (χ1) is 11.4. The van der Waals surface area contributed by atoms with Crippen molar-refractivity contribution >= 4 is 34.6 Å². The van der Waals surface area contributed by atoms with Crippen LogP contribution in [0, 0.1) is 10.1 Å². The molecule has 2 aromatic rings. The molecule has 0 aromatic heterocycles. The molecule has 0 aliphatic rings. The van der Waals surface area contributed by atoms with E-state index in [1.807, 2.05) is 0 Å². The van der Waals surface area contributed by atoms with Crippen molar-refractivity contribution in [3.8, 4) is 0 Å². The molecule has 124 valence electrons. The van der Waals surface area contributed by atoms with Gasteiger partial charge in [0, 0.05) is 36.1 Å². The maximum absolute atomic E-state index is 11.9. The average molecular weight is 328 g/mol. The lowest BCUT2D eigenvalue weighted by molar-refractivity contribution is -0.384. The first-order valence-electron chi connectivity index (χ1n) is 7.10. The summed E-state index contributed by atoms with van der Waals surface area (Å²) in [6.45, 7) is 1.38. The lowest BCUT2D eigenvalue weighted by Crippen LogP contribution is -2.21. The number of hydrogen-bond acceptors (Lipinski definition) is 5. The summed E-state index contributed by atoms with van der Waals surface area (Å²) >= 11 is 0. The quantitative estimate of drug-likeness (QED) is 0.557. The summed E-state index contributed by atoms with van der Waals surface area (Å²) in [6, 6.07) is 12.6. The first kappa shape index (κ1) is 16.9. The van der Waals surface area contributed by atoms with E-state index in [9.17, 15) is 19.7 Å². The Labute approximate surface area is 138 Å². The van der Waals surface area contributed by atoms with E-state index >= 15 is 0 Å². The summed E-state index contributed by atoms with van der Waals surface area (Å²) in [5, 5.41) is 18.8. The number of hydrogen-bond donors (Lipinski definition) is 3. The van der Waals surface area contributed by atoms with Gasteiger partial charge in [0.25, 0.3) is 5.69 Å². The molecule has 0 bridgehead atoms. The van der Waals surface area contributed by atoms with Crippen LogP contribution in [0.2, 0.25) is 0 Å². The first-order valence-corrected chi connectivity index (χ1v) is 7.10. The Morgan fingerprint density at radius 1 is 1.00 bits per heavy atom. The maximum atomic E-state index is 11.9. The van der Waals surface area contributed by atoms with Crippen LogP contribution in [-0.4, -0.2) is 23.3 Å². The molecule has 2 aromatic carbocycles. The number of rotatable bonds is 6. The van der Waals surface area contributed by atoms with Crippen LogP contribution in [-0.2, 0) is 9.59 Å². The predicted octanol–water partition coefficient (Wildman–Crippen LogP) is 2.60. The van der Waals surface area contributed by atoms with E-state index < -0.39 is 4.92 Å². The van der Waals surface area contributed by atoms with Crippen molar-refractivity contribution in [3.63, 3.8) is 0 Å². The zero-order valence-electron chi connectivity index (χ0n) is 12.9. The van der Waals surface area contributed by atoms with Crippen LogP contribution >= 0.6 is 0 Å². The van der Waals surface area contributed by atoms with Gasteiger partial charge in [0.15, 0.2) is 0 Å². The summed E-state index contributed by atoms with van der Waals surface area (Å²) in [5.41, 5.74) is 1.65. The Bertz CT molecular complexity index is 759. The van der Waals surface area contributed by atoms with Crippen molar-refractivity contribution in [1.82, 2.24) is 0 Å². The molecule has 3 N–H and O–H groups in total. The molecular weight excluding hydrogens is 312 g/mol. The minimum Gasteiger partial charge on any atom is -0.376 e. The Hall–Kier alpha value is -3.42. The molecule has 0 heterocycles. The molecule has 24 heavy (non-hydrogen) atoms. The molecule has 2 rings (SSSR count). The number of benzene rings is 2. The molecule has 0 fully saturated rings. The second-order valence-electron chi connectivity index (χ2n) is 4.97. The van der Waals surface area contributed by atoms with Gasteiger partial charge in [0.1, 0.15) is 0 Å². The van der Waals surface area contributed by atoms with Crippen LogP contribution < -0.4 is 16.0 Å². The smallest absolute Gasteiger partial charge is 0.271 e. The molecule has 0 spiro atoms. The number of amides is 2. The van der Waals surface area contributed by atoms with Gasteiger partial charge in [0.05, 0.1) is 11.5 Å². The number of carbonyl (C=O) groups is 2. The van der Waals surface area contributed by atoms with E-state index in [0.29, 0.717) is 17.1 Å². The van der Waals surface area contributed by atoms with Gasteiger partial charge in [-0.15, -0.1) is 0 Å². The molecule has 0 aliphatic heterocycles. The topological polar surface area (TPSA) is 113 Å². The summed E-state index contributed by atoms with van der Waals surface area (Å²) in [7, 11) is 0. The van der Waals surface area contributed by atoms with Gasteiger partial charge in [-0.05, 0) is 30.3 Å². The highest BCUT2D eigenvalue weighted by Gasteiger charge is 2.07. The summed E-state index contributed by atoms with van der Waals surface area (Å²) in [4.78, 5) is 33.0. The summed E-state index contributed by atoms with van der Waals surface area (Å²) in [5.74, 6) is -0.471. The molecule has 2 amide bonds. The summed E-state index contributed by atoms with van der Waals surface area (Å²) in [6.07, 6.45) is 0. The minimum atomic E-state index is -0.498. The van der Waals surface area contributed by atoms with E-state index in [1.165, 1.54) is 19.1 Å². The van der Waals surface area contributed by atoms with Crippen LogP contribution in [0.4, 0.5) is 22.7 Å². The molecular formula is C16H16N4O4. The minimum absolute atomic E-state index is 0.0331. The molecule has 0 atom stereocenters. The van der Waals surface area contributed by atoms with Crippen molar-refractivity contribution in [2.75, 3.05) is 22.5 Å². The predicted molar refractivity (Wildman–Crippen MR) is 91.0 cm³/mol. The fourth-order valence-electron chi connectivity index (χ4n) is 1.96. The Balaban J connectivity index is 1.88. The van der Waals surface area contributed by atoms with Crippen molar-refractivity contribution < 1.29 is 14.5 Å². The van der Waals surface area contributed by atoms with Crippen LogP contribution in [0.15, 0.2) is 48.5 Å². The van der Waals surface area contributed by atoms with Gasteiger partial charge in [0.2, 0.25) is 11.8 Å². The third-order valence-electron chi connectivity index (χ3n) is 3.00. The van der Waals surface area contributed by atoms with Gasteiger partial charge in [-0.2, -0.15) is 0 Å². The Morgan fingerprint density at radius 3 is 2.21 bits per heavy atom. The van der Waals surface area contributed by atoms with Crippen molar-refractivity contribution in [2.45, 2.75) is 6.92 Å². The Kier molecular flexibility index (Phi) is 5.45. The van der Waals surface area contributed by atoms with E-state index in [4.69, 9.17) is 0 Å². The van der Waals surface area contributed by atoms with Crippen molar-refractivity contribution in [2.24, 2.45) is 0 Å². The fraction of sp³-hybridized carbons (Fsp3) is 0.125. The van der Waals surface area contributed by atoms with Crippen LogP contribution in [0.25, 0.3) is 0 Å². The molecule has 0 saturated carbocycles. The van der Waals surface area contributed by atoms with E-state index in [-0.39, 0.29) is 24.0 Å². The highest BCUT2D eigenvalue weighted by Crippen LogP contribution is 2.17. The van der Waals surface area contributed by atoms with Crippen molar-refractivity contribution in [1.29, 1.82) is 0 Å². The highest BCUT2D eigenvalue weighted by molar-refractivity contribution is 5.94. The number of anilines is 3. The van der Waals surface area contributed by atoms with Gasteiger partial charge >= 0.3 is 0 Å². The fourth-order valence-corrected chi connectivity index (χ4v) is 1.96. The molecule has 8 nitrogen and oxygen atoms in total. The maximum Gasteiger partial charge on any atom is 0.271 e. The van der Waals surface area contributed by atoms with E-state index in [2.05, 4.69) is 16.0 Å². The molecule has 8 heteroatoms. The largest absolute Gasteiger partial charge is 0.376 e. The van der Waals surface area contributed by atoms with Crippen molar-refractivity contribution in [3.05, 3.63) is 58.6 Å². The SMILES string of the molecule is CC(=O)Nc1ccc(NC(=O)CNc2cccc([N+](=O)[O-])c2)cc1. The lowest BCUT2D eigenvalue weighted by Gasteiger charge is -2.08. The number of non-ortho nitro benzene ring substituents is 1. The highest BCUT2D eigenvalue weighted by atomic mass is 16.6. The second-order valence-corrected chi connectivity index (χ2v) is 4.97. The molecule has 0 radical (unpaired) electrons. The standard InChI is InChI=1S/C16H16N4O4/c1-11(21)18-12-5-7-13(8-6-12)19-16(22)10-17-14-3-2-4-15(9-14)20(23)24/h2-9,17H,10H2,1H3,(H,18,21)(H,19,22). The Morgan fingerprint density at radius 2 is 1.62 bits per heavy atom. The normalized spacial score (nSPS) is 9.88. The monoisotopic (exact) mass is 328 g/mol. The molecule has 0 saturated heterocycles. The average Bonchev–Trinajstić information content (AvgIpc) is 2.54. The van der Waals surface area contributed by atoms with Gasteiger partial charge in [-0.25, -0.2) is 0 Å². The third-order valence-corrected chi connectivity index (χ3v) is 3.00. The van der Waals surface area contributed by atoms with E-state index in [1.54, 1.807) is 36.4 Å². The van der Waals surface area contributed by atoms with Crippen LogP contribution in [0.3, 0.4) is 0 Å². The van der Waals surface area contributed by atoms with Crippen LogP contribution in [0.5, 0.6) is 0 Å². The number of nitro groups is 1. The zero-order valence-corrected chi connectivity index (χ0v) is 12.9. The van der Waals surface area contributed by atoms with E-state index in [0.717, 1.165) is 0 Å². The van der Waals surface area contributed by atoms with Crippen LogP contribution in [0.1, 0.15) is 6.92 Å². The zero-order chi connectivity index (χ0) is 17.5. The second kappa shape index (κ2) is 7.73. The number of nitro benzene ring substituents is 1. The molecule has 0 aliphatic carbocycles. The number of carbonyl (C=O) groups excluding carboxylic acids is 2. The number of nitrogens with zero attached hydrogens (tertiary/aromatic N) is 1. The summed E-state index contributed by atoms with van der Waals surface area (Å²) < 4.78 is 0. The van der Waals surface area contributed by atoms with Gasteiger partial charge in [-0.1, -0.05) is 6.07 Å². The van der Waals surface area contributed by atoms with Gasteiger partial charge < -0.3 is 16.0 Å². The van der Waals surface area contributed by atoms with Gasteiger partial charge in [-0.3, -0.25) is 19.7 Å². The molecule has 0 unspecified atom stereocenters. The lowest BCUT2D eigenvalue weighted by atomic mass is 10.2. The third kappa shape index (κ3) is 5.09.